The Bertz CT molecular complexity index is 877. The molecule has 0 atom stereocenters. The topological polar surface area (TPSA) is 61.9 Å². The first-order chi connectivity index (χ1) is 11.7. The molecule has 118 valence electrons. The van der Waals surface area contributed by atoms with Crippen LogP contribution >= 0.6 is 11.6 Å². The van der Waals surface area contributed by atoms with Crippen molar-refractivity contribution in [2.75, 3.05) is 5.32 Å². The molecular weight excluding hydrogens is 322 g/mol. The Morgan fingerprint density at radius 2 is 1.83 bits per heavy atom. The van der Waals surface area contributed by atoms with Crippen LogP contribution in [0.2, 0.25) is 5.02 Å². The molecule has 2 aromatic carbocycles. The van der Waals surface area contributed by atoms with Crippen LogP contribution in [0.4, 0.5) is 5.88 Å². The summed E-state index contributed by atoms with van der Waals surface area (Å²) < 4.78 is 5.62. The number of nitrogens with zero attached hydrogens (tertiary/aromatic N) is 2. The Kier molecular flexibility index (Phi) is 4.95. The minimum absolute atomic E-state index is 0.233. The lowest BCUT2D eigenvalue weighted by Gasteiger charge is -2.03. The smallest absolute Gasteiger partial charge is 0.232 e. The van der Waals surface area contributed by atoms with Gasteiger partial charge in [-0.25, -0.2) is 0 Å². The number of hydrogen-bond acceptors (Lipinski definition) is 4. The second-order valence-electron chi connectivity index (χ2n) is 5.07. The average Bonchev–Trinajstić information content (AvgIpc) is 3.03. The van der Waals surface area contributed by atoms with Gasteiger partial charge in [-0.15, -0.1) is 0 Å². The SMILES string of the molecule is N#Cc1nc(C=Cc2ccccc2)oc1NCc1ccc(Cl)cc1. The highest BCUT2D eigenvalue weighted by atomic mass is 35.5. The van der Waals surface area contributed by atoms with Gasteiger partial charge in [0.2, 0.25) is 17.5 Å². The lowest BCUT2D eigenvalue weighted by Crippen LogP contribution is -1.99. The van der Waals surface area contributed by atoms with Crippen molar-refractivity contribution in [1.82, 2.24) is 4.98 Å². The third-order valence-electron chi connectivity index (χ3n) is 3.33. The van der Waals surface area contributed by atoms with Crippen LogP contribution < -0.4 is 5.32 Å². The van der Waals surface area contributed by atoms with Crippen LogP contribution in [-0.2, 0) is 6.54 Å². The van der Waals surface area contributed by atoms with E-state index in [1.165, 1.54) is 0 Å². The molecule has 1 aromatic heterocycles. The van der Waals surface area contributed by atoms with Crippen molar-refractivity contribution in [3.05, 3.63) is 82.3 Å². The summed E-state index contributed by atoms with van der Waals surface area (Å²) in [6.07, 6.45) is 3.62. The van der Waals surface area contributed by atoms with Crippen LogP contribution in [0, 0.1) is 11.3 Å². The van der Waals surface area contributed by atoms with Crippen LogP contribution in [0.3, 0.4) is 0 Å². The monoisotopic (exact) mass is 335 g/mol. The van der Waals surface area contributed by atoms with E-state index in [0.29, 0.717) is 23.3 Å². The molecule has 24 heavy (non-hydrogen) atoms. The van der Waals surface area contributed by atoms with E-state index in [1.54, 1.807) is 6.08 Å². The number of rotatable bonds is 5. The highest BCUT2D eigenvalue weighted by molar-refractivity contribution is 6.30. The largest absolute Gasteiger partial charge is 0.420 e. The maximum atomic E-state index is 9.20. The fraction of sp³-hybridized carbons (Fsp3) is 0.0526. The predicted molar refractivity (Wildman–Crippen MR) is 95.4 cm³/mol. The van der Waals surface area contributed by atoms with E-state index >= 15 is 0 Å². The van der Waals surface area contributed by atoms with E-state index in [4.69, 9.17) is 16.0 Å². The number of benzene rings is 2. The van der Waals surface area contributed by atoms with Crippen molar-refractivity contribution in [3.8, 4) is 6.07 Å². The summed E-state index contributed by atoms with van der Waals surface area (Å²) in [7, 11) is 0. The number of halogens is 1. The van der Waals surface area contributed by atoms with Gasteiger partial charge in [0, 0.05) is 17.6 Å². The Morgan fingerprint density at radius 3 is 2.54 bits per heavy atom. The molecule has 0 radical (unpaired) electrons. The minimum Gasteiger partial charge on any atom is -0.420 e. The third-order valence-corrected chi connectivity index (χ3v) is 3.59. The zero-order valence-electron chi connectivity index (χ0n) is 12.7. The van der Waals surface area contributed by atoms with Crippen LogP contribution in [0.15, 0.2) is 59.0 Å². The summed E-state index contributed by atoms with van der Waals surface area (Å²) in [5.74, 6) is 0.745. The van der Waals surface area contributed by atoms with E-state index in [9.17, 15) is 5.26 Å². The normalized spacial score (nSPS) is 10.7. The molecule has 5 heteroatoms. The number of oxazole rings is 1. The lowest BCUT2D eigenvalue weighted by molar-refractivity contribution is 0.557. The van der Waals surface area contributed by atoms with Crippen LogP contribution in [0.1, 0.15) is 22.7 Å². The molecule has 1 N–H and O–H groups in total. The van der Waals surface area contributed by atoms with Gasteiger partial charge in [-0.1, -0.05) is 54.1 Å². The summed E-state index contributed by atoms with van der Waals surface area (Å²) in [5, 5.41) is 13.0. The molecule has 0 saturated heterocycles. The zero-order chi connectivity index (χ0) is 16.8. The molecule has 0 aliphatic carbocycles. The van der Waals surface area contributed by atoms with Crippen LogP contribution in [0.5, 0.6) is 0 Å². The second-order valence-corrected chi connectivity index (χ2v) is 5.50. The van der Waals surface area contributed by atoms with Crippen molar-refractivity contribution >= 4 is 29.6 Å². The molecule has 1 heterocycles. The molecule has 0 aliphatic rings. The van der Waals surface area contributed by atoms with E-state index in [1.807, 2.05) is 66.7 Å². The van der Waals surface area contributed by atoms with Gasteiger partial charge in [0.1, 0.15) is 6.07 Å². The van der Waals surface area contributed by atoms with Crippen LogP contribution in [-0.4, -0.2) is 4.98 Å². The van der Waals surface area contributed by atoms with Gasteiger partial charge in [-0.3, -0.25) is 0 Å². The zero-order valence-corrected chi connectivity index (χ0v) is 13.5. The van der Waals surface area contributed by atoms with E-state index in [2.05, 4.69) is 10.3 Å². The summed E-state index contributed by atoms with van der Waals surface area (Å²) in [6.45, 7) is 0.517. The summed E-state index contributed by atoms with van der Waals surface area (Å²) >= 11 is 5.87. The number of aromatic nitrogens is 1. The van der Waals surface area contributed by atoms with Gasteiger partial charge >= 0.3 is 0 Å². The quantitative estimate of drug-likeness (QED) is 0.714. The number of anilines is 1. The van der Waals surface area contributed by atoms with Gasteiger partial charge in [0.05, 0.1) is 0 Å². The molecule has 0 aliphatic heterocycles. The molecule has 3 rings (SSSR count). The van der Waals surface area contributed by atoms with Crippen molar-refractivity contribution in [3.63, 3.8) is 0 Å². The summed E-state index contributed by atoms with van der Waals surface area (Å²) in [6, 6.07) is 19.3. The Balaban J connectivity index is 1.72. The predicted octanol–water partition coefficient (Wildman–Crippen LogP) is 4.98. The number of hydrogen-bond donors (Lipinski definition) is 1. The summed E-state index contributed by atoms with van der Waals surface area (Å²) in [4.78, 5) is 4.17. The average molecular weight is 336 g/mol. The molecule has 0 fully saturated rings. The first-order valence-corrected chi connectivity index (χ1v) is 7.75. The van der Waals surface area contributed by atoms with Gasteiger partial charge in [-0.2, -0.15) is 10.2 Å². The van der Waals surface area contributed by atoms with Crippen molar-refractivity contribution in [2.45, 2.75) is 6.54 Å². The van der Waals surface area contributed by atoms with E-state index in [-0.39, 0.29) is 5.69 Å². The first kappa shape index (κ1) is 15.9. The molecule has 0 spiro atoms. The molecule has 0 bridgehead atoms. The minimum atomic E-state index is 0.233. The Morgan fingerprint density at radius 1 is 1.08 bits per heavy atom. The Labute approximate surface area is 145 Å². The van der Waals surface area contributed by atoms with Gasteiger partial charge in [0.15, 0.2) is 0 Å². The highest BCUT2D eigenvalue weighted by Gasteiger charge is 2.11. The van der Waals surface area contributed by atoms with Crippen molar-refractivity contribution < 1.29 is 4.42 Å². The first-order valence-electron chi connectivity index (χ1n) is 7.37. The molecular formula is C19H14ClN3O. The van der Waals surface area contributed by atoms with E-state index < -0.39 is 0 Å². The van der Waals surface area contributed by atoms with Crippen molar-refractivity contribution in [2.24, 2.45) is 0 Å². The molecule has 0 saturated carbocycles. The molecule has 4 nitrogen and oxygen atoms in total. The molecule has 3 aromatic rings. The van der Waals surface area contributed by atoms with Gasteiger partial charge < -0.3 is 9.73 Å². The third kappa shape index (κ3) is 4.03. The van der Waals surface area contributed by atoms with E-state index in [0.717, 1.165) is 11.1 Å². The Hall–Kier alpha value is -3.03. The standard InChI is InChI=1S/C19H14ClN3O/c20-16-9-6-15(7-10-16)13-22-19-17(12-21)23-18(24-19)11-8-14-4-2-1-3-5-14/h1-11,22H,13H2. The maximum absolute atomic E-state index is 9.20. The van der Waals surface area contributed by atoms with Gasteiger partial charge in [0.25, 0.3) is 0 Å². The lowest BCUT2D eigenvalue weighted by atomic mass is 10.2. The molecule has 0 amide bonds. The summed E-state index contributed by atoms with van der Waals surface area (Å²) in [5.41, 5.74) is 2.29. The maximum Gasteiger partial charge on any atom is 0.232 e. The van der Waals surface area contributed by atoms with Crippen molar-refractivity contribution in [1.29, 1.82) is 5.26 Å². The number of nitrogens with one attached hydrogen (secondary N) is 1. The second kappa shape index (κ2) is 7.49. The number of nitriles is 1. The fourth-order valence-corrected chi connectivity index (χ4v) is 2.25. The molecule has 0 unspecified atom stereocenters. The van der Waals surface area contributed by atoms with Gasteiger partial charge in [-0.05, 0) is 29.3 Å². The fourth-order valence-electron chi connectivity index (χ4n) is 2.12. The van der Waals surface area contributed by atoms with Crippen LogP contribution in [0.25, 0.3) is 12.2 Å². The highest BCUT2D eigenvalue weighted by Crippen LogP contribution is 2.20.